The Hall–Kier alpha value is -2.39. The molecule has 130 valence electrons. The van der Waals surface area contributed by atoms with Gasteiger partial charge in [0.1, 0.15) is 6.61 Å². The molecule has 0 aromatic heterocycles. The first kappa shape index (κ1) is 17.4. The Labute approximate surface area is 149 Å². The number of hydrogen-bond donors (Lipinski definition) is 0. The fourth-order valence-corrected chi connectivity index (χ4v) is 3.07. The lowest BCUT2D eigenvalue weighted by molar-refractivity contribution is -0.138. The SMILES string of the molecule is Cc1ccc(C=CC(=O)OCc2ccccc2CN2CCCC2)cc1. The van der Waals surface area contributed by atoms with Crippen LogP contribution in [0.3, 0.4) is 0 Å². The zero-order valence-corrected chi connectivity index (χ0v) is 14.8. The first-order valence-corrected chi connectivity index (χ1v) is 8.91. The third kappa shape index (κ3) is 5.30. The second-order valence-corrected chi connectivity index (χ2v) is 6.60. The van der Waals surface area contributed by atoms with Gasteiger partial charge in [-0.2, -0.15) is 0 Å². The molecule has 1 aliphatic rings. The molecule has 0 atom stereocenters. The summed E-state index contributed by atoms with van der Waals surface area (Å²) in [5.41, 5.74) is 4.54. The molecule has 1 heterocycles. The van der Waals surface area contributed by atoms with Crippen molar-refractivity contribution in [1.82, 2.24) is 4.90 Å². The lowest BCUT2D eigenvalue weighted by Crippen LogP contribution is -2.19. The van der Waals surface area contributed by atoms with Gasteiger partial charge in [-0.3, -0.25) is 4.90 Å². The maximum absolute atomic E-state index is 12.0. The molecule has 2 aromatic carbocycles. The van der Waals surface area contributed by atoms with E-state index >= 15 is 0 Å². The van der Waals surface area contributed by atoms with Crippen molar-refractivity contribution in [3.8, 4) is 0 Å². The minimum absolute atomic E-state index is 0.309. The summed E-state index contributed by atoms with van der Waals surface area (Å²) < 4.78 is 5.43. The van der Waals surface area contributed by atoms with Gasteiger partial charge in [0.15, 0.2) is 0 Å². The van der Waals surface area contributed by atoms with E-state index < -0.39 is 0 Å². The summed E-state index contributed by atoms with van der Waals surface area (Å²) in [7, 11) is 0. The Kier molecular flexibility index (Phi) is 6.02. The molecule has 0 spiro atoms. The Bertz CT molecular complexity index is 728. The fraction of sp³-hybridized carbons (Fsp3) is 0.318. The van der Waals surface area contributed by atoms with Gasteiger partial charge in [-0.05, 0) is 55.6 Å². The van der Waals surface area contributed by atoms with E-state index in [0.29, 0.717) is 6.61 Å². The van der Waals surface area contributed by atoms with Crippen molar-refractivity contribution >= 4 is 12.0 Å². The van der Waals surface area contributed by atoms with Crippen molar-refractivity contribution in [2.45, 2.75) is 32.9 Å². The van der Waals surface area contributed by atoms with Crippen LogP contribution in [0.25, 0.3) is 6.08 Å². The number of benzene rings is 2. The average Bonchev–Trinajstić information content (AvgIpc) is 3.13. The number of rotatable bonds is 6. The van der Waals surface area contributed by atoms with E-state index in [1.807, 2.05) is 49.4 Å². The quantitative estimate of drug-likeness (QED) is 0.581. The van der Waals surface area contributed by atoms with Crippen molar-refractivity contribution in [1.29, 1.82) is 0 Å². The molecule has 0 radical (unpaired) electrons. The van der Waals surface area contributed by atoms with Crippen molar-refractivity contribution in [3.63, 3.8) is 0 Å². The number of nitrogens with zero attached hydrogens (tertiary/aromatic N) is 1. The maximum atomic E-state index is 12.0. The van der Waals surface area contributed by atoms with Gasteiger partial charge in [0.25, 0.3) is 0 Å². The van der Waals surface area contributed by atoms with Gasteiger partial charge in [0.05, 0.1) is 0 Å². The van der Waals surface area contributed by atoms with Crippen LogP contribution in [0.4, 0.5) is 0 Å². The van der Waals surface area contributed by atoms with Crippen molar-refractivity contribution in [3.05, 3.63) is 76.9 Å². The second-order valence-electron chi connectivity index (χ2n) is 6.60. The molecule has 2 aromatic rings. The zero-order chi connectivity index (χ0) is 17.5. The van der Waals surface area contributed by atoms with E-state index in [4.69, 9.17) is 4.74 Å². The molecule has 0 N–H and O–H groups in total. The van der Waals surface area contributed by atoms with Crippen LogP contribution in [-0.4, -0.2) is 24.0 Å². The molecule has 1 aliphatic heterocycles. The van der Waals surface area contributed by atoms with Gasteiger partial charge in [-0.1, -0.05) is 54.1 Å². The van der Waals surface area contributed by atoms with Gasteiger partial charge < -0.3 is 4.74 Å². The third-order valence-corrected chi connectivity index (χ3v) is 4.57. The van der Waals surface area contributed by atoms with Crippen molar-refractivity contribution < 1.29 is 9.53 Å². The van der Waals surface area contributed by atoms with Crippen LogP contribution < -0.4 is 0 Å². The van der Waals surface area contributed by atoms with E-state index in [9.17, 15) is 4.79 Å². The van der Waals surface area contributed by atoms with Gasteiger partial charge in [-0.25, -0.2) is 4.79 Å². The molecular formula is C22H25NO2. The Morgan fingerprint density at radius 2 is 1.72 bits per heavy atom. The predicted octanol–water partition coefficient (Wildman–Crippen LogP) is 4.35. The Morgan fingerprint density at radius 3 is 2.44 bits per heavy atom. The van der Waals surface area contributed by atoms with Crippen molar-refractivity contribution in [2.24, 2.45) is 0 Å². The largest absolute Gasteiger partial charge is 0.458 e. The summed E-state index contributed by atoms with van der Waals surface area (Å²) in [5.74, 6) is -0.309. The van der Waals surface area contributed by atoms with E-state index in [2.05, 4.69) is 11.0 Å². The van der Waals surface area contributed by atoms with E-state index in [-0.39, 0.29) is 5.97 Å². The molecule has 3 nitrogen and oxygen atoms in total. The maximum Gasteiger partial charge on any atom is 0.331 e. The number of aryl methyl sites for hydroxylation is 1. The molecule has 0 unspecified atom stereocenters. The Balaban J connectivity index is 1.55. The summed E-state index contributed by atoms with van der Waals surface area (Å²) in [5, 5.41) is 0. The van der Waals surface area contributed by atoms with Gasteiger partial charge in [0.2, 0.25) is 0 Å². The van der Waals surface area contributed by atoms with Gasteiger partial charge >= 0.3 is 5.97 Å². The highest BCUT2D eigenvalue weighted by atomic mass is 16.5. The van der Waals surface area contributed by atoms with E-state index in [1.54, 1.807) is 6.08 Å². The second kappa shape index (κ2) is 8.63. The molecule has 0 aliphatic carbocycles. The minimum Gasteiger partial charge on any atom is -0.458 e. The number of carbonyl (C=O) groups is 1. The normalized spacial score (nSPS) is 14.9. The summed E-state index contributed by atoms with van der Waals surface area (Å²) in [4.78, 5) is 14.4. The van der Waals surface area contributed by atoms with Crippen LogP contribution in [0.5, 0.6) is 0 Å². The average molecular weight is 335 g/mol. The Morgan fingerprint density at radius 1 is 1.04 bits per heavy atom. The molecule has 25 heavy (non-hydrogen) atoms. The van der Waals surface area contributed by atoms with Crippen LogP contribution >= 0.6 is 0 Å². The predicted molar refractivity (Wildman–Crippen MR) is 101 cm³/mol. The number of esters is 1. The summed E-state index contributed by atoms with van der Waals surface area (Å²) >= 11 is 0. The van der Waals surface area contributed by atoms with E-state index in [1.165, 1.54) is 30.0 Å². The first-order chi connectivity index (χ1) is 12.2. The number of likely N-dealkylation sites (tertiary alicyclic amines) is 1. The van der Waals surface area contributed by atoms with Gasteiger partial charge in [0, 0.05) is 12.6 Å². The molecule has 0 saturated carbocycles. The fourth-order valence-electron chi connectivity index (χ4n) is 3.07. The van der Waals surface area contributed by atoms with Crippen LogP contribution in [0.15, 0.2) is 54.6 Å². The van der Waals surface area contributed by atoms with Gasteiger partial charge in [-0.15, -0.1) is 0 Å². The van der Waals surface area contributed by atoms with Crippen LogP contribution in [0, 0.1) is 6.92 Å². The third-order valence-electron chi connectivity index (χ3n) is 4.57. The molecule has 3 heteroatoms. The summed E-state index contributed by atoms with van der Waals surface area (Å²) in [6.07, 6.45) is 5.84. The monoisotopic (exact) mass is 335 g/mol. The minimum atomic E-state index is -0.309. The summed E-state index contributed by atoms with van der Waals surface area (Å²) in [6, 6.07) is 16.3. The van der Waals surface area contributed by atoms with Crippen LogP contribution in [-0.2, 0) is 22.7 Å². The molecule has 3 rings (SSSR count). The van der Waals surface area contributed by atoms with Crippen molar-refractivity contribution in [2.75, 3.05) is 13.1 Å². The van der Waals surface area contributed by atoms with Crippen LogP contribution in [0.2, 0.25) is 0 Å². The lowest BCUT2D eigenvalue weighted by atomic mass is 10.1. The highest BCUT2D eigenvalue weighted by molar-refractivity contribution is 5.87. The number of ether oxygens (including phenoxy) is 1. The molecule has 0 amide bonds. The molecule has 1 fully saturated rings. The standard InChI is InChI=1S/C22H25NO2/c1-18-8-10-19(11-9-18)12-13-22(24)25-17-21-7-3-2-6-20(21)16-23-14-4-5-15-23/h2-3,6-13H,4-5,14-17H2,1H3. The molecular weight excluding hydrogens is 310 g/mol. The molecule has 1 saturated heterocycles. The van der Waals surface area contributed by atoms with Crippen LogP contribution in [0.1, 0.15) is 35.1 Å². The highest BCUT2D eigenvalue weighted by Crippen LogP contribution is 2.17. The number of hydrogen-bond acceptors (Lipinski definition) is 3. The first-order valence-electron chi connectivity index (χ1n) is 8.91. The van der Waals surface area contributed by atoms with E-state index in [0.717, 1.165) is 30.8 Å². The number of carbonyl (C=O) groups excluding carboxylic acids is 1. The summed E-state index contributed by atoms with van der Waals surface area (Å²) in [6.45, 7) is 5.62. The zero-order valence-electron chi connectivity index (χ0n) is 14.8. The topological polar surface area (TPSA) is 29.5 Å². The lowest BCUT2D eigenvalue weighted by Gasteiger charge is -2.17. The smallest absolute Gasteiger partial charge is 0.331 e. The highest BCUT2D eigenvalue weighted by Gasteiger charge is 2.13. The molecule has 0 bridgehead atoms.